The van der Waals surface area contributed by atoms with Crippen molar-refractivity contribution < 1.29 is 120 Å². The van der Waals surface area contributed by atoms with Crippen molar-refractivity contribution in [2.24, 2.45) is 0 Å². The standard InChI is InChI=1S/C26H30N4O7S2.C22H24N2O4S2.C17H28N4O7S2.C16H26N4O7S2.CH4/c1-17(32)12-27-25(36)21(29-23(34)18-8-4-2-5-9-18)15-38-39-16-22(26(37)28-13-20(33)14-31)30-24(35)19-10-6-3-7-11-19;1-15(25)19(23-21(27)17-9-5-3-6-10-17)13-29-30-14-20(16(2)26)24-22(28)18-11-7-4-8-12-18;1-5-28-15(25)7-19-17(27)14(21-12(4)24)9-30-29-8-13(20-11(3)23)16(26)18-6-10(2)22;1-9(22)4-17-15(26)13(19-10(2)23)7-28-29-8-14(20-11(3)24)16(27)18-5-12(25)6-21;/h2-11,21-22,31H,12-16H2,1H3,(H,27,36)(H,28,37)(H,29,34)(H,30,35);3-12,19-20H,13-14H2,1-2H3,(H,23,27)(H,24,28);13-14H,5-9H2,1-4H3,(H,18,26)(H,19,27)(H,20,23)(H,21,24);13-14,21H,4-8H2,1-3H3,(H,17,26)(H,18,27)(H,19,23)(H,20,24);1H4/t21-,22-;19-,20-;2*13-,14-;/m0000./s1. The van der Waals surface area contributed by atoms with Gasteiger partial charge in [-0.05, 0) is 90.1 Å². The molecule has 0 heterocycles. The molecule has 0 aliphatic rings. The first kappa shape index (κ1) is 118. The SMILES string of the molecule is C.CC(=O)CNC(=O)[C@H](CSSC[C@H](NC(=O)c1ccccc1)C(=O)NCC(=O)CO)NC(=O)c1ccccc1.CC(=O)CNC(=O)[C@H](CSSC[C@H](NC(C)=O)C(=O)NCC(=O)CO)NC(C)=O.CC(=O)[C@H](CSSC[C@H](NC(=O)c1ccccc1)C(C)=O)NC(=O)c1ccccc1.CCOC(=O)CNC(=O)[C@H](CSSC[C@H](NC(C)=O)C(=O)NCC(C)=O)NC(C)=O. The van der Waals surface area contributed by atoms with E-state index in [4.69, 9.17) is 14.9 Å². The third-order valence-electron chi connectivity index (χ3n) is 15.5. The predicted octanol–water partition coefficient (Wildman–Crippen LogP) is 0.649. The fourth-order valence-electron chi connectivity index (χ4n) is 9.08. The molecule has 0 aromatic heterocycles. The molecule has 0 saturated heterocycles. The zero-order valence-electron chi connectivity index (χ0n) is 71.7. The number of Topliss-reactive ketones (excluding diaryl/α,β-unsaturated/α-hetero) is 7. The fourth-order valence-corrected chi connectivity index (χ4v) is 18.6. The van der Waals surface area contributed by atoms with Gasteiger partial charge in [-0.1, -0.05) is 167 Å². The van der Waals surface area contributed by atoms with Crippen LogP contribution in [0.3, 0.4) is 0 Å². The lowest BCUT2D eigenvalue weighted by Gasteiger charge is -2.20. The molecule has 0 unspecified atom stereocenters. The topological polar surface area (TPSA) is 594 Å². The molecule has 14 amide bonds. The molecule has 129 heavy (non-hydrogen) atoms. The zero-order valence-corrected chi connectivity index (χ0v) is 78.3. The van der Waals surface area contributed by atoms with Crippen molar-refractivity contribution in [1.29, 1.82) is 0 Å². The van der Waals surface area contributed by atoms with E-state index >= 15 is 0 Å². The van der Waals surface area contributed by atoms with Crippen LogP contribution in [0.1, 0.15) is 118 Å². The average Bonchev–Trinajstić information content (AvgIpc) is 0.899. The number of carbonyl (C=O) groups is 22. The molecule has 39 nitrogen and oxygen atoms in total. The van der Waals surface area contributed by atoms with Crippen molar-refractivity contribution in [3.8, 4) is 0 Å². The van der Waals surface area contributed by atoms with Gasteiger partial charge in [0.2, 0.25) is 59.1 Å². The summed E-state index contributed by atoms with van der Waals surface area (Å²) in [6, 6.07) is 27.1. The molecule has 4 aromatic rings. The highest BCUT2D eigenvalue weighted by Crippen LogP contribution is 2.27. The smallest absolute Gasteiger partial charge is 0.325 e. The van der Waals surface area contributed by atoms with Crippen LogP contribution in [0.2, 0.25) is 0 Å². The first-order chi connectivity index (χ1) is 60.7. The summed E-state index contributed by atoms with van der Waals surface area (Å²) in [4.78, 5) is 260. The zero-order chi connectivity index (χ0) is 96.1. The van der Waals surface area contributed by atoms with Crippen LogP contribution in [0.5, 0.6) is 0 Å². The Balaban J connectivity index is 0.00000170. The van der Waals surface area contributed by atoms with Crippen LogP contribution in [-0.4, -0.2) is 293 Å². The molecule has 0 aliphatic carbocycles. The van der Waals surface area contributed by atoms with Gasteiger partial charge >= 0.3 is 5.97 Å². The first-order valence-corrected chi connectivity index (χ1v) is 48.7. The quantitative estimate of drug-likeness (QED) is 0.0164. The summed E-state index contributed by atoms with van der Waals surface area (Å²) in [6.45, 7) is 10.7. The normalized spacial score (nSPS) is 12.1. The summed E-state index contributed by atoms with van der Waals surface area (Å²) in [7, 11) is 9.86. The van der Waals surface area contributed by atoms with Crippen molar-refractivity contribution in [2.45, 2.75) is 125 Å². The van der Waals surface area contributed by atoms with Crippen molar-refractivity contribution >= 4 is 216 Å². The van der Waals surface area contributed by atoms with E-state index < -0.39 is 157 Å². The second-order valence-electron chi connectivity index (χ2n) is 26.7. The summed E-state index contributed by atoms with van der Waals surface area (Å²) in [5, 5.41) is 52.7. The van der Waals surface area contributed by atoms with Gasteiger partial charge in [-0.15, -0.1) is 0 Å². The van der Waals surface area contributed by atoms with Crippen LogP contribution in [-0.2, 0) is 91.0 Å². The Morgan fingerprint density at radius 3 is 0.643 bits per heavy atom. The first-order valence-electron chi connectivity index (χ1n) is 38.8. The Kier molecular flexibility index (Phi) is 63.6. The summed E-state index contributed by atoms with van der Waals surface area (Å²) in [5.41, 5.74) is 1.67. The minimum atomic E-state index is -1.04. The lowest BCUT2D eigenvalue weighted by molar-refractivity contribution is -0.143. The maximum Gasteiger partial charge on any atom is 0.325 e. The second-order valence-corrected chi connectivity index (χ2v) is 36.9. The lowest BCUT2D eigenvalue weighted by atomic mass is 10.2. The Hall–Kier alpha value is -10.7. The van der Waals surface area contributed by atoms with Crippen LogP contribution in [0.4, 0.5) is 0 Å². The van der Waals surface area contributed by atoms with Gasteiger partial charge in [0.05, 0.1) is 51.4 Å². The van der Waals surface area contributed by atoms with E-state index in [0.29, 0.717) is 33.8 Å². The summed E-state index contributed by atoms with van der Waals surface area (Å²) in [6.07, 6.45) is 0. The monoisotopic (exact) mass is 1950 g/mol. The number of carbonyl (C=O) groups excluding carboxylic acids is 22. The minimum absolute atomic E-state index is 0. The van der Waals surface area contributed by atoms with Crippen LogP contribution in [0.25, 0.3) is 0 Å². The Labute approximate surface area is 778 Å². The lowest BCUT2D eigenvalue weighted by Crippen LogP contribution is -2.50. The molecule has 0 bridgehead atoms. The van der Waals surface area contributed by atoms with Gasteiger partial charge in [-0.3, -0.25) is 105 Å². The Morgan fingerprint density at radius 2 is 0.457 bits per heavy atom. The van der Waals surface area contributed by atoms with Gasteiger partial charge in [0.25, 0.3) is 23.6 Å². The van der Waals surface area contributed by atoms with E-state index in [2.05, 4.69) is 74.4 Å². The molecule has 47 heteroatoms. The number of aliphatic hydroxyl groups is 2. The van der Waals surface area contributed by atoms with Gasteiger partial charge in [-0.25, -0.2) is 0 Å². The molecule has 0 saturated carbocycles. The van der Waals surface area contributed by atoms with Crippen LogP contribution >= 0.6 is 86.4 Å². The van der Waals surface area contributed by atoms with Gasteiger partial charge in [0.15, 0.2) is 23.1 Å². The van der Waals surface area contributed by atoms with E-state index in [1.54, 1.807) is 116 Å². The average molecular weight is 1950 g/mol. The number of ether oxygens (including phenoxy) is 1. The van der Waals surface area contributed by atoms with E-state index in [1.165, 1.54) is 149 Å². The predicted molar refractivity (Wildman–Crippen MR) is 500 cm³/mol. The van der Waals surface area contributed by atoms with Gasteiger partial charge < -0.3 is 89.4 Å². The van der Waals surface area contributed by atoms with E-state index in [1.807, 2.05) is 12.1 Å². The second kappa shape index (κ2) is 69.3. The molecule has 4 aromatic carbocycles. The Morgan fingerprint density at radius 1 is 0.271 bits per heavy atom. The fraction of sp³-hybridized carbons (Fsp3) is 0.439. The van der Waals surface area contributed by atoms with Crippen molar-refractivity contribution in [2.75, 3.05) is 105 Å². The molecule has 0 radical (unpaired) electrons. The molecular formula is C82H112N14O25S8. The highest BCUT2D eigenvalue weighted by molar-refractivity contribution is 8.77. The van der Waals surface area contributed by atoms with Crippen molar-refractivity contribution in [1.82, 2.24) is 74.4 Å². The summed E-state index contributed by atoms with van der Waals surface area (Å²) >= 11 is 0. The number of rotatable bonds is 55. The largest absolute Gasteiger partial charge is 0.465 e. The number of amides is 14. The van der Waals surface area contributed by atoms with Gasteiger partial charge in [0.1, 0.15) is 73.4 Å². The molecule has 4 rings (SSSR count). The molecule has 0 fully saturated rings. The maximum absolute atomic E-state index is 12.7. The van der Waals surface area contributed by atoms with Crippen molar-refractivity contribution in [3.63, 3.8) is 0 Å². The third kappa shape index (κ3) is 56.4. The van der Waals surface area contributed by atoms with Crippen LogP contribution in [0.15, 0.2) is 121 Å². The van der Waals surface area contributed by atoms with E-state index in [0.717, 1.165) is 0 Å². The van der Waals surface area contributed by atoms with E-state index in [-0.39, 0.29) is 122 Å². The molecule has 8 atom stereocenters. The van der Waals surface area contributed by atoms with Crippen LogP contribution in [0, 0.1) is 0 Å². The maximum atomic E-state index is 12.7. The van der Waals surface area contributed by atoms with Gasteiger partial charge in [-0.2, -0.15) is 0 Å². The highest BCUT2D eigenvalue weighted by Gasteiger charge is 2.30. The molecule has 0 spiro atoms. The molecule has 708 valence electrons. The van der Waals surface area contributed by atoms with Crippen molar-refractivity contribution in [3.05, 3.63) is 144 Å². The molecular weight excluding hydrogens is 1840 g/mol. The number of esters is 1. The Bertz CT molecular complexity index is 4290. The number of benzene rings is 4. The summed E-state index contributed by atoms with van der Waals surface area (Å²) in [5.74, 6) is -7.84. The minimum Gasteiger partial charge on any atom is -0.465 e. The number of ketones is 7. The number of aliphatic hydroxyl groups excluding tert-OH is 2. The summed E-state index contributed by atoms with van der Waals surface area (Å²) < 4.78 is 4.72. The highest BCUT2D eigenvalue weighted by atomic mass is 33.1. The third-order valence-corrected chi connectivity index (χ3v) is 25.2. The van der Waals surface area contributed by atoms with Gasteiger partial charge in [0, 0.05) is 96.0 Å². The number of hydrogen-bond acceptors (Lipinski definition) is 33. The number of hydrogen-bond donors (Lipinski definition) is 16. The molecule has 16 N–H and O–H groups in total. The van der Waals surface area contributed by atoms with E-state index in [9.17, 15) is 105 Å². The molecule has 0 aliphatic heterocycles. The van der Waals surface area contributed by atoms with Crippen LogP contribution < -0.4 is 74.4 Å². The number of nitrogens with one attached hydrogen (secondary N) is 14.